The zero-order valence-corrected chi connectivity index (χ0v) is 10.6. The van der Waals surface area contributed by atoms with Crippen LogP contribution in [0.2, 0.25) is 0 Å². The van der Waals surface area contributed by atoms with Gasteiger partial charge in [0.25, 0.3) is 0 Å². The van der Waals surface area contributed by atoms with E-state index in [-0.39, 0.29) is 12.1 Å². The smallest absolute Gasteiger partial charge is 0.407 e. The third kappa shape index (κ3) is 3.72. The van der Waals surface area contributed by atoms with Crippen molar-refractivity contribution in [1.29, 1.82) is 0 Å². The lowest BCUT2D eigenvalue weighted by atomic mass is 9.97. The normalized spacial score (nSPS) is 21.3. The molecule has 0 aromatic carbocycles. The van der Waals surface area contributed by atoms with E-state index in [0.717, 1.165) is 5.71 Å². The molecule has 16 heavy (non-hydrogen) atoms. The summed E-state index contributed by atoms with van der Waals surface area (Å²) in [5.74, 6) is 0.310. The molecule has 0 spiro atoms. The molecule has 0 aromatic rings. The molecule has 0 saturated heterocycles. The van der Waals surface area contributed by atoms with Crippen LogP contribution in [0, 0.1) is 5.92 Å². The predicted octanol–water partition coefficient (Wildman–Crippen LogP) is 1.49. The van der Waals surface area contributed by atoms with E-state index >= 15 is 0 Å². The van der Waals surface area contributed by atoms with Gasteiger partial charge in [-0.2, -0.15) is 5.10 Å². The molecule has 0 aromatic heterocycles. The van der Waals surface area contributed by atoms with E-state index in [0.29, 0.717) is 12.5 Å². The van der Waals surface area contributed by atoms with E-state index in [1.807, 2.05) is 27.7 Å². The van der Waals surface area contributed by atoms with Crippen molar-refractivity contribution in [2.24, 2.45) is 11.0 Å². The number of hydrazone groups is 1. The maximum absolute atomic E-state index is 11.4. The fourth-order valence-corrected chi connectivity index (χ4v) is 1.48. The average Bonchev–Trinajstić information content (AvgIpc) is 2.09. The van der Waals surface area contributed by atoms with Gasteiger partial charge in [-0.3, -0.25) is 0 Å². The zero-order valence-electron chi connectivity index (χ0n) is 10.6. The molecule has 5 nitrogen and oxygen atoms in total. The molecule has 0 bridgehead atoms. The number of nitrogens with one attached hydrogen (secondary N) is 2. The number of hydrogen-bond donors (Lipinski definition) is 2. The molecule has 0 fully saturated rings. The van der Waals surface area contributed by atoms with Gasteiger partial charge in [0, 0.05) is 12.5 Å². The average molecular weight is 227 g/mol. The minimum atomic E-state index is -0.445. The van der Waals surface area contributed by atoms with E-state index < -0.39 is 5.60 Å². The maximum Gasteiger partial charge on any atom is 0.407 e. The monoisotopic (exact) mass is 227 g/mol. The number of carbonyl (C=O) groups excluding carboxylic acids is 1. The largest absolute Gasteiger partial charge is 0.444 e. The van der Waals surface area contributed by atoms with Crippen LogP contribution in [0.3, 0.4) is 0 Å². The molecule has 1 heterocycles. The van der Waals surface area contributed by atoms with Gasteiger partial charge in [0.1, 0.15) is 5.60 Å². The second-order valence-electron chi connectivity index (χ2n) is 5.22. The number of rotatable bonds is 3. The first-order valence-corrected chi connectivity index (χ1v) is 5.56. The Morgan fingerprint density at radius 1 is 1.62 bits per heavy atom. The van der Waals surface area contributed by atoms with Crippen molar-refractivity contribution in [2.75, 3.05) is 6.54 Å². The zero-order chi connectivity index (χ0) is 12.3. The molecule has 0 saturated carbocycles. The van der Waals surface area contributed by atoms with Crippen molar-refractivity contribution >= 4 is 11.8 Å². The first-order chi connectivity index (χ1) is 7.29. The lowest BCUT2D eigenvalue weighted by Gasteiger charge is -2.30. The summed E-state index contributed by atoms with van der Waals surface area (Å²) < 4.78 is 5.15. The summed E-state index contributed by atoms with van der Waals surface area (Å²) in [6.45, 7) is 10.2. The van der Waals surface area contributed by atoms with Crippen LogP contribution in [0.25, 0.3) is 0 Å². The number of alkyl carbamates (subject to hydrolysis) is 1. The molecule has 2 N–H and O–H groups in total. The van der Waals surface area contributed by atoms with E-state index in [1.54, 1.807) is 0 Å². The molecule has 1 aliphatic rings. The lowest BCUT2D eigenvalue weighted by Crippen LogP contribution is -2.50. The molecule has 0 radical (unpaired) electrons. The Morgan fingerprint density at radius 2 is 2.25 bits per heavy atom. The second-order valence-corrected chi connectivity index (χ2v) is 5.22. The van der Waals surface area contributed by atoms with Gasteiger partial charge in [-0.25, -0.2) is 4.79 Å². The van der Waals surface area contributed by atoms with Crippen molar-refractivity contribution in [3.05, 3.63) is 0 Å². The number of amides is 1. The van der Waals surface area contributed by atoms with Crippen LogP contribution in [0.4, 0.5) is 4.79 Å². The Hall–Kier alpha value is -1.26. The van der Waals surface area contributed by atoms with Gasteiger partial charge in [-0.05, 0) is 27.7 Å². The van der Waals surface area contributed by atoms with Crippen LogP contribution in [-0.2, 0) is 4.74 Å². The Morgan fingerprint density at radius 3 is 2.62 bits per heavy atom. The molecular weight excluding hydrogens is 206 g/mol. The van der Waals surface area contributed by atoms with Crippen molar-refractivity contribution in [1.82, 2.24) is 10.7 Å². The van der Waals surface area contributed by atoms with E-state index in [4.69, 9.17) is 4.74 Å². The molecule has 1 rings (SSSR count). The van der Waals surface area contributed by atoms with Crippen molar-refractivity contribution in [2.45, 2.75) is 46.3 Å². The van der Waals surface area contributed by atoms with Gasteiger partial charge in [0.05, 0.1) is 11.8 Å². The summed E-state index contributed by atoms with van der Waals surface area (Å²) in [5, 5.41) is 6.73. The third-order valence-corrected chi connectivity index (χ3v) is 2.37. The molecule has 92 valence electrons. The van der Waals surface area contributed by atoms with Gasteiger partial charge < -0.3 is 15.5 Å². The highest BCUT2D eigenvalue weighted by Crippen LogP contribution is 2.11. The number of nitrogens with zero attached hydrogens (tertiary/aromatic N) is 1. The molecule has 0 aliphatic carbocycles. The molecular formula is C11H21N3O2. The fraction of sp³-hybridized carbons (Fsp3) is 0.818. The topological polar surface area (TPSA) is 62.7 Å². The van der Waals surface area contributed by atoms with Gasteiger partial charge in [-0.15, -0.1) is 0 Å². The van der Waals surface area contributed by atoms with Crippen LogP contribution < -0.4 is 10.7 Å². The minimum Gasteiger partial charge on any atom is -0.444 e. The van der Waals surface area contributed by atoms with Crippen molar-refractivity contribution in [3.63, 3.8) is 0 Å². The van der Waals surface area contributed by atoms with Gasteiger partial charge in [0.2, 0.25) is 0 Å². The maximum atomic E-state index is 11.4. The van der Waals surface area contributed by atoms with Gasteiger partial charge in [-0.1, -0.05) is 6.92 Å². The Bertz CT molecular complexity index is 294. The molecule has 2 unspecified atom stereocenters. The number of hydrogen-bond acceptors (Lipinski definition) is 4. The van der Waals surface area contributed by atoms with Crippen LogP contribution >= 0.6 is 0 Å². The summed E-state index contributed by atoms with van der Waals surface area (Å²) in [6, 6.07) is 0.273. The Balaban J connectivity index is 2.24. The highest BCUT2D eigenvalue weighted by Gasteiger charge is 2.26. The highest BCUT2D eigenvalue weighted by molar-refractivity contribution is 5.90. The molecule has 2 atom stereocenters. The quantitative estimate of drug-likeness (QED) is 0.768. The molecule has 5 heteroatoms. The molecule has 1 aliphatic heterocycles. The standard InChI is InChI=1S/C11H21N3O2/c1-7(9-8(2)13-14-9)6-12-10(15)16-11(3,4)5/h7,9,14H,6H2,1-5H3,(H,12,15). The lowest BCUT2D eigenvalue weighted by molar-refractivity contribution is 0.0518. The van der Waals surface area contributed by atoms with E-state index in [2.05, 4.69) is 22.8 Å². The van der Waals surface area contributed by atoms with Crippen molar-refractivity contribution in [3.8, 4) is 0 Å². The first-order valence-electron chi connectivity index (χ1n) is 5.56. The number of carbonyl (C=O) groups is 1. The SMILES string of the molecule is CC1=NNC1C(C)CNC(=O)OC(C)(C)C. The third-order valence-electron chi connectivity index (χ3n) is 2.37. The summed E-state index contributed by atoms with van der Waals surface area (Å²) in [7, 11) is 0. The van der Waals surface area contributed by atoms with Crippen LogP contribution in [-0.4, -0.2) is 30.0 Å². The summed E-state index contributed by atoms with van der Waals surface area (Å²) >= 11 is 0. The fourth-order valence-electron chi connectivity index (χ4n) is 1.48. The summed E-state index contributed by atoms with van der Waals surface area (Å²) in [5.41, 5.74) is 3.60. The van der Waals surface area contributed by atoms with Gasteiger partial charge in [0.15, 0.2) is 0 Å². The summed E-state index contributed by atoms with van der Waals surface area (Å²) in [6.07, 6.45) is -0.367. The summed E-state index contributed by atoms with van der Waals surface area (Å²) in [4.78, 5) is 11.4. The number of ether oxygens (including phenoxy) is 1. The highest BCUT2D eigenvalue weighted by atomic mass is 16.6. The molecule has 1 amide bonds. The predicted molar refractivity (Wildman–Crippen MR) is 63.4 cm³/mol. The van der Waals surface area contributed by atoms with Crippen molar-refractivity contribution < 1.29 is 9.53 Å². The van der Waals surface area contributed by atoms with Crippen LogP contribution in [0.1, 0.15) is 34.6 Å². The Kier molecular flexibility index (Phi) is 3.78. The van der Waals surface area contributed by atoms with Gasteiger partial charge >= 0.3 is 6.09 Å². The Labute approximate surface area is 96.6 Å². The van der Waals surface area contributed by atoms with E-state index in [1.165, 1.54) is 0 Å². The second kappa shape index (κ2) is 4.72. The van der Waals surface area contributed by atoms with Crippen LogP contribution in [0.5, 0.6) is 0 Å². The first kappa shape index (κ1) is 12.8. The minimum absolute atomic E-state index is 0.273. The van der Waals surface area contributed by atoms with Crippen LogP contribution in [0.15, 0.2) is 5.10 Å². The van der Waals surface area contributed by atoms with E-state index in [9.17, 15) is 4.79 Å².